The average Bonchev–Trinajstić information content (AvgIpc) is 2.70. The van der Waals surface area contributed by atoms with Gasteiger partial charge in [0, 0.05) is 23.5 Å². The van der Waals surface area contributed by atoms with Gasteiger partial charge in [-0.1, -0.05) is 35.9 Å². The molecule has 3 aromatic rings. The number of carbonyl (C=O) groups excluding carboxylic acids is 1. The third-order valence-electron chi connectivity index (χ3n) is 3.59. The van der Waals surface area contributed by atoms with Crippen LogP contribution < -0.4 is 10.1 Å². The zero-order chi connectivity index (χ0) is 20.0. The van der Waals surface area contributed by atoms with Crippen LogP contribution in [-0.2, 0) is 10.0 Å². The molecule has 1 amide bonds. The number of rotatable bonds is 6. The van der Waals surface area contributed by atoms with Crippen molar-refractivity contribution < 1.29 is 13.2 Å². The minimum absolute atomic E-state index is 0.0729. The van der Waals surface area contributed by atoms with Gasteiger partial charge in [0.25, 0.3) is 15.9 Å². The standard InChI is InChI=1S/C19H15ClN4O3S/c20-17-8-1-2-9-18(17)24-28(26,27)16-7-3-6-15(11-16)19(25)23-22-13-14-5-4-10-21-12-14/h1-13,24H,(H,23,25)/b22-13-. The Balaban J connectivity index is 1.75. The van der Waals surface area contributed by atoms with Crippen LogP contribution in [0.4, 0.5) is 5.69 Å². The van der Waals surface area contributed by atoms with Gasteiger partial charge in [-0.05, 0) is 36.4 Å². The molecule has 0 aliphatic rings. The number of para-hydroxylation sites is 1. The summed E-state index contributed by atoms with van der Waals surface area (Å²) in [5, 5.41) is 4.11. The molecular weight excluding hydrogens is 400 g/mol. The Hall–Kier alpha value is -3.23. The van der Waals surface area contributed by atoms with Gasteiger partial charge in [-0.2, -0.15) is 5.10 Å². The molecular formula is C19H15ClN4O3S. The molecule has 0 saturated carbocycles. The highest BCUT2D eigenvalue weighted by Gasteiger charge is 2.17. The van der Waals surface area contributed by atoms with Crippen molar-refractivity contribution in [2.45, 2.75) is 4.90 Å². The molecule has 0 unspecified atom stereocenters. The highest BCUT2D eigenvalue weighted by molar-refractivity contribution is 7.92. The van der Waals surface area contributed by atoms with E-state index in [-0.39, 0.29) is 21.2 Å². The minimum Gasteiger partial charge on any atom is -0.278 e. The monoisotopic (exact) mass is 414 g/mol. The molecule has 9 heteroatoms. The topological polar surface area (TPSA) is 101 Å². The number of amides is 1. The van der Waals surface area contributed by atoms with Crippen molar-refractivity contribution in [1.29, 1.82) is 0 Å². The number of hydrogen-bond donors (Lipinski definition) is 2. The van der Waals surface area contributed by atoms with E-state index in [1.165, 1.54) is 30.5 Å². The second-order valence-electron chi connectivity index (χ2n) is 5.60. The maximum absolute atomic E-state index is 12.6. The fraction of sp³-hybridized carbons (Fsp3) is 0. The average molecular weight is 415 g/mol. The van der Waals surface area contributed by atoms with Crippen molar-refractivity contribution in [2.24, 2.45) is 5.10 Å². The van der Waals surface area contributed by atoms with E-state index in [2.05, 4.69) is 20.2 Å². The molecule has 0 atom stereocenters. The number of aromatic nitrogens is 1. The van der Waals surface area contributed by atoms with Crippen molar-refractivity contribution in [3.63, 3.8) is 0 Å². The van der Waals surface area contributed by atoms with Gasteiger partial charge in [-0.3, -0.25) is 14.5 Å². The van der Waals surface area contributed by atoms with Crippen molar-refractivity contribution >= 4 is 39.4 Å². The normalized spacial score (nSPS) is 11.3. The fourth-order valence-electron chi connectivity index (χ4n) is 2.23. The Morgan fingerprint density at radius 2 is 1.89 bits per heavy atom. The SMILES string of the molecule is O=C(N/N=C\c1cccnc1)c1cccc(S(=O)(=O)Nc2ccccc2Cl)c1. The van der Waals surface area contributed by atoms with Gasteiger partial charge in [0.05, 0.1) is 21.8 Å². The highest BCUT2D eigenvalue weighted by Crippen LogP contribution is 2.24. The molecule has 1 heterocycles. The summed E-state index contributed by atoms with van der Waals surface area (Å²) >= 11 is 6.00. The van der Waals surface area contributed by atoms with E-state index in [0.29, 0.717) is 5.56 Å². The maximum Gasteiger partial charge on any atom is 0.271 e. The van der Waals surface area contributed by atoms with Crippen LogP contribution in [0.3, 0.4) is 0 Å². The molecule has 28 heavy (non-hydrogen) atoms. The van der Waals surface area contributed by atoms with E-state index in [1.807, 2.05) is 0 Å². The van der Waals surface area contributed by atoms with E-state index >= 15 is 0 Å². The molecule has 142 valence electrons. The second kappa shape index (κ2) is 8.64. The number of carbonyl (C=O) groups is 1. The smallest absolute Gasteiger partial charge is 0.271 e. The van der Waals surface area contributed by atoms with Crippen molar-refractivity contribution in [1.82, 2.24) is 10.4 Å². The number of halogens is 1. The second-order valence-corrected chi connectivity index (χ2v) is 7.69. The highest BCUT2D eigenvalue weighted by atomic mass is 35.5. The first-order valence-electron chi connectivity index (χ1n) is 8.06. The van der Waals surface area contributed by atoms with Gasteiger partial charge < -0.3 is 0 Å². The molecule has 3 rings (SSSR count). The molecule has 0 saturated heterocycles. The van der Waals surface area contributed by atoms with E-state index in [1.54, 1.807) is 48.8 Å². The summed E-state index contributed by atoms with van der Waals surface area (Å²) in [5.74, 6) is -0.546. The van der Waals surface area contributed by atoms with Crippen LogP contribution in [0.1, 0.15) is 15.9 Å². The molecule has 2 N–H and O–H groups in total. The van der Waals surface area contributed by atoms with Crippen molar-refractivity contribution in [3.05, 3.63) is 89.2 Å². The number of pyridine rings is 1. The van der Waals surface area contributed by atoms with Gasteiger partial charge >= 0.3 is 0 Å². The fourth-order valence-corrected chi connectivity index (χ4v) is 3.60. The largest absolute Gasteiger partial charge is 0.278 e. The van der Waals surface area contributed by atoms with Crippen LogP contribution in [0.15, 0.2) is 83.1 Å². The van der Waals surface area contributed by atoms with Crippen LogP contribution >= 0.6 is 11.6 Å². The molecule has 0 fully saturated rings. The van der Waals surface area contributed by atoms with E-state index in [4.69, 9.17) is 11.6 Å². The Labute approximate surface area is 167 Å². The van der Waals surface area contributed by atoms with Crippen LogP contribution in [0.2, 0.25) is 5.02 Å². The Kier molecular flexibility index (Phi) is 6.03. The van der Waals surface area contributed by atoms with Gasteiger partial charge in [-0.25, -0.2) is 13.8 Å². The molecule has 0 bridgehead atoms. The third kappa shape index (κ3) is 4.93. The summed E-state index contributed by atoms with van der Waals surface area (Å²) in [7, 11) is -3.92. The molecule has 7 nitrogen and oxygen atoms in total. The predicted molar refractivity (Wildman–Crippen MR) is 108 cm³/mol. The minimum atomic E-state index is -3.92. The lowest BCUT2D eigenvalue weighted by Crippen LogP contribution is -2.19. The van der Waals surface area contributed by atoms with Crippen LogP contribution in [0.5, 0.6) is 0 Å². The summed E-state index contributed by atoms with van der Waals surface area (Å²) in [6.07, 6.45) is 4.65. The van der Waals surface area contributed by atoms with E-state index in [0.717, 1.165) is 0 Å². The lowest BCUT2D eigenvalue weighted by molar-refractivity contribution is 0.0955. The summed E-state index contributed by atoms with van der Waals surface area (Å²) in [6, 6.07) is 15.6. The zero-order valence-corrected chi connectivity index (χ0v) is 16.0. The van der Waals surface area contributed by atoms with Gasteiger partial charge in [-0.15, -0.1) is 0 Å². The zero-order valence-electron chi connectivity index (χ0n) is 14.4. The molecule has 0 radical (unpaired) electrons. The number of nitrogens with zero attached hydrogens (tertiary/aromatic N) is 2. The van der Waals surface area contributed by atoms with Gasteiger partial charge in [0.2, 0.25) is 0 Å². The van der Waals surface area contributed by atoms with Crippen LogP contribution in [0, 0.1) is 0 Å². The predicted octanol–water partition coefficient (Wildman–Crippen LogP) is 3.30. The third-order valence-corrected chi connectivity index (χ3v) is 5.28. The Morgan fingerprint density at radius 3 is 2.64 bits per heavy atom. The lowest BCUT2D eigenvalue weighted by Gasteiger charge is -2.10. The molecule has 0 aliphatic heterocycles. The maximum atomic E-state index is 12.6. The van der Waals surface area contributed by atoms with Gasteiger partial charge in [0.15, 0.2) is 0 Å². The molecule has 2 aromatic carbocycles. The molecule has 0 aliphatic carbocycles. The first-order valence-corrected chi connectivity index (χ1v) is 9.93. The van der Waals surface area contributed by atoms with Crippen LogP contribution in [-0.4, -0.2) is 25.5 Å². The van der Waals surface area contributed by atoms with E-state index in [9.17, 15) is 13.2 Å². The number of sulfonamides is 1. The van der Waals surface area contributed by atoms with Crippen molar-refractivity contribution in [2.75, 3.05) is 4.72 Å². The van der Waals surface area contributed by atoms with Crippen LogP contribution in [0.25, 0.3) is 0 Å². The quantitative estimate of drug-likeness (QED) is 0.477. The first-order chi connectivity index (χ1) is 13.5. The Bertz CT molecular complexity index is 1120. The summed E-state index contributed by atoms with van der Waals surface area (Å²) in [4.78, 5) is 16.1. The lowest BCUT2D eigenvalue weighted by atomic mass is 10.2. The van der Waals surface area contributed by atoms with E-state index < -0.39 is 15.9 Å². The number of hydrazone groups is 1. The molecule has 0 spiro atoms. The first kappa shape index (κ1) is 19.5. The summed E-state index contributed by atoms with van der Waals surface area (Å²) in [6.45, 7) is 0. The summed E-state index contributed by atoms with van der Waals surface area (Å²) < 4.78 is 27.6. The number of anilines is 1. The number of benzene rings is 2. The Morgan fingerprint density at radius 1 is 1.07 bits per heavy atom. The van der Waals surface area contributed by atoms with Crippen molar-refractivity contribution in [3.8, 4) is 0 Å². The molecule has 1 aromatic heterocycles. The number of nitrogens with one attached hydrogen (secondary N) is 2. The summed E-state index contributed by atoms with van der Waals surface area (Å²) in [5.41, 5.74) is 3.46. The van der Waals surface area contributed by atoms with Gasteiger partial charge in [0.1, 0.15) is 0 Å². The number of hydrogen-bond acceptors (Lipinski definition) is 5.